The normalized spacial score (nSPS) is 10.7. The number of ether oxygens (including phenoxy) is 1. The third-order valence-corrected chi connectivity index (χ3v) is 4.47. The van der Waals surface area contributed by atoms with Crippen molar-refractivity contribution in [1.82, 2.24) is 19.7 Å². The Hall–Kier alpha value is -3.22. The van der Waals surface area contributed by atoms with E-state index in [4.69, 9.17) is 4.74 Å². The molecule has 0 saturated carbocycles. The highest BCUT2D eigenvalue weighted by Crippen LogP contribution is 2.15. The predicted molar refractivity (Wildman–Crippen MR) is 107 cm³/mol. The van der Waals surface area contributed by atoms with Crippen molar-refractivity contribution >= 4 is 11.9 Å². The van der Waals surface area contributed by atoms with Crippen LogP contribution in [0.15, 0.2) is 48.8 Å². The topological polar surface area (TPSA) is 73.1 Å². The van der Waals surface area contributed by atoms with Gasteiger partial charge in [-0.3, -0.25) is 9.55 Å². The number of hydrogen-bond acceptors (Lipinski definition) is 6. The summed E-state index contributed by atoms with van der Waals surface area (Å²) < 4.78 is 6.86. The Morgan fingerprint density at radius 3 is 2.75 bits per heavy atom. The number of aromatic nitrogens is 4. The fraction of sp³-hybridized carbons (Fsp3) is 0.333. The van der Waals surface area contributed by atoms with E-state index in [0.29, 0.717) is 12.1 Å². The highest BCUT2D eigenvalue weighted by molar-refractivity contribution is 5.89. The first-order chi connectivity index (χ1) is 13.6. The van der Waals surface area contributed by atoms with Gasteiger partial charge < -0.3 is 9.64 Å². The number of methoxy groups -OCH3 is 1. The number of rotatable bonds is 8. The first kappa shape index (κ1) is 19.5. The van der Waals surface area contributed by atoms with Crippen molar-refractivity contribution in [2.24, 2.45) is 0 Å². The molecule has 1 aromatic carbocycles. The van der Waals surface area contributed by atoms with Gasteiger partial charge in [0.15, 0.2) is 0 Å². The Morgan fingerprint density at radius 1 is 1.21 bits per heavy atom. The molecule has 0 aliphatic rings. The van der Waals surface area contributed by atoms with E-state index >= 15 is 0 Å². The zero-order chi connectivity index (χ0) is 19.9. The number of benzene rings is 1. The first-order valence-corrected chi connectivity index (χ1v) is 9.25. The van der Waals surface area contributed by atoms with Crippen LogP contribution in [0, 0.1) is 6.92 Å². The van der Waals surface area contributed by atoms with Crippen LogP contribution in [0.25, 0.3) is 0 Å². The van der Waals surface area contributed by atoms with Gasteiger partial charge in [0, 0.05) is 19.3 Å². The van der Waals surface area contributed by atoms with Gasteiger partial charge in [-0.05, 0) is 37.5 Å². The number of esters is 1. The summed E-state index contributed by atoms with van der Waals surface area (Å²) in [6.45, 7) is 3.21. The summed E-state index contributed by atoms with van der Waals surface area (Å²) in [6.07, 6.45) is 3.75. The van der Waals surface area contributed by atoms with E-state index in [9.17, 15) is 4.79 Å². The molecule has 0 amide bonds. The van der Waals surface area contributed by atoms with Crippen LogP contribution in [0.4, 0.5) is 5.95 Å². The van der Waals surface area contributed by atoms with Crippen molar-refractivity contribution in [3.05, 3.63) is 71.3 Å². The number of carbonyl (C=O) groups is 1. The Labute approximate surface area is 165 Å². The summed E-state index contributed by atoms with van der Waals surface area (Å²) in [4.78, 5) is 18.3. The Kier molecular flexibility index (Phi) is 6.37. The molecule has 28 heavy (non-hydrogen) atoms. The van der Waals surface area contributed by atoms with Crippen LogP contribution in [-0.2, 0) is 24.2 Å². The maximum atomic E-state index is 11.8. The largest absolute Gasteiger partial charge is 0.465 e. The second-order valence-electron chi connectivity index (χ2n) is 6.75. The van der Waals surface area contributed by atoms with Crippen molar-refractivity contribution in [2.45, 2.75) is 32.9 Å². The van der Waals surface area contributed by atoms with Crippen molar-refractivity contribution in [2.75, 3.05) is 19.1 Å². The van der Waals surface area contributed by atoms with E-state index < -0.39 is 0 Å². The molecule has 3 rings (SSSR count). The van der Waals surface area contributed by atoms with E-state index in [1.807, 2.05) is 29.5 Å². The predicted octanol–water partition coefficient (Wildman–Crippen LogP) is 3.04. The lowest BCUT2D eigenvalue weighted by Crippen LogP contribution is -2.22. The van der Waals surface area contributed by atoms with Gasteiger partial charge in [-0.25, -0.2) is 4.79 Å². The summed E-state index contributed by atoms with van der Waals surface area (Å²) in [7, 11) is 3.32. The van der Waals surface area contributed by atoms with Gasteiger partial charge in [0.2, 0.25) is 5.95 Å². The molecule has 0 atom stereocenters. The van der Waals surface area contributed by atoms with Gasteiger partial charge in [0.1, 0.15) is 6.33 Å². The van der Waals surface area contributed by atoms with Gasteiger partial charge in [0.25, 0.3) is 0 Å². The van der Waals surface area contributed by atoms with Crippen LogP contribution < -0.4 is 4.90 Å². The molecule has 2 aromatic heterocycles. The third kappa shape index (κ3) is 4.94. The van der Waals surface area contributed by atoms with Crippen LogP contribution >= 0.6 is 0 Å². The second kappa shape index (κ2) is 9.12. The summed E-state index contributed by atoms with van der Waals surface area (Å²) in [5.74, 6) is 0.412. The number of pyridine rings is 1. The molecule has 0 fully saturated rings. The lowest BCUT2D eigenvalue weighted by atomic mass is 10.1. The minimum atomic E-state index is -0.363. The molecule has 7 heteroatoms. The molecule has 7 nitrogen and oxygen atoms in total. The highest BCUT2D eigenvalue weighted by atomic mass is 16.5. The van der Waals surface area contributed by atoms with Gasteiger partial charge in [-0.2, -0.15) is 0 Å². The smallest absolute Gasteiger partial charge is 0.337 e. The van der Waals surface area contributed by atoms with Crippen LogP contribution in [0.2, 0.25) is 0 Å². The minimum absolute atomic E-state index is 0.363. The Bertz CT molecular complexity index is 924. The lowest BCUT2D eigenvalue weighted by Gasteiger charge is -2.19. The SMILES string of the molecule is COC(=O)c1cc(C)nc(CN(C)c2nncn2CCCc2ccccc2)c1. The maximum Gasteiger partial charge on any atom is 0.337 e. The average molecular weight is 379 g/mol. The van der Waals surface area contributed by atoms with E-state index in [0.717, 1.165) is 36.7 Å². The zero-order valence-electron chi connectivity index (χ0n) is 16.5. The molecule has 0 radical (unpaired) electrons. The van der Waals surface area contributed by atoms with E-state index in [2.05, 4.69) is 39.4 Å². The Balaban J connectivity index is 1.65. The number of hydrogen-bond donors (Lipinski definition) is 0. The molecule has 146 valence electrons. The molecule has 3 aromatic rings. The lowest BCUT2D eigenvalue weighted by molar-refractivity contribution is 0.0600. The second-order valence-corrected chi connectivity index (χ2v) is 6.75. The van der Waals surface area contributed by atoms with Crippen LogP contribution in [0.5, 0.6) is 0 Å². The molecule has 2 heterocycles. The van der Waals surface area contributed by atoms with Crippen molar-refractivity contribution < 1.29 is 9.53 Å². The molecular formula is C21H25N5O2. The van der Waals surface area contributed by atoms with Crippen molar-refractivity contribution in [1.29, 1.82) is 0 Å². The van der Waals surface area contributed by atoms with Gasteiger partial charge in [-0.15, -0.1) is 10.2 Å². The fourth-order valence-corrected chi connectivity index (χ4v) is 3.17. The fourth-order valence-electron chi connectivity index (χ4n) is 3.17. The molecule has 0 unspecified atom stereocenters. The molecule has 0 bridgehead atoms. The summed E-state index contributed by atoms with van der Waals surface area (Å²) in [6, 6.07) is 13.9. The van der Waals surface area contributed by atoms with Crippen LogP contribution in [0.3, 0.4) is 0 Å². The Morgan fingerprint density at radius 2 is 2.00 bits per heavy atom. The van der Waals surface area contributed by atoms with E-state index in [-0.39, 0.29) is 5.97 Å². The molecule has 0 aliphatic carbocycles. The first-order valence-electron chi connectivity index (χ1n) is 9.25. The highest BCUT2D eigenvalue weighted by Gasteiger charge is 2.14. The van der Waals surface area contributed by atoms with Crippen LogP contribution in [0.1, 0.15) is 33.7 Å². The number of anilines is 1. The third-order valence-electron chi connectivity index (χ3n) is 4.47. The molecule has 0 spiro atoms. The standard InChI is InChI=1S/C21H25N5O2/c1-16-12-18(20(27)28-3)13-19(23-16)14-25(2)21-24-22-15-26(21)11-7-10-17-8-5-4-6-9-17/h4-6,8-9,12-13,15H,7,10-11,14H2,1-3H3. The quantitative estimate of drug-likeness (QED) is 0.560. The van der Waals surface area contributed by atoms with Gasteiger partial charge >= 0.3 is 5.97 Å². The number of nitrogens with zero attached hydrogens (tertiary/aromatic N) is 5. The summed E-state index contributed by atoms with van der Waals surface area (Å²) >= 11 is 0. The molecule has 0 N–H and O–H groups in total. The van der Waals surface area contributed by atoms with Gasteiger partial charge in [-0.1, -0.05) is 30.3 Å². The van der Waals surface area contributed by atoms with Crippen molar-refractivity contribution in [3.8, 4) is 0 Å². The zero-order valence-corrected chi connectivity index (χ0v) is 16.5. The van der Waals surface area contributed by atoms with E-state index in [1.54, 1.807) is 18.5 Å². The maximum absolute atomic E-state index is 11.8. The number of aryl methyl sites for hydroxylation is 3. The summed E-state index contributed by atoms with van der Waals surface area (Å²) in [5.41, 5.74) is 3.38. The van der Waals surface area contributed by atoms with Crippen LogP contribution in [-0.4, -0.2) is 39.9 Å². The van der Waals surface area contributed by atoms with E-state index in [1.165, 1.54) is 12.7 Å². The monoisotopic (exact) mass is 379 g/mol. The molecule has 0 aliphatic heterocycles. The van der Waals surface area contributed by atoms with Gasteiger partial charge in [0.05, 0.1) is 24.9 Å². The molecular weight excluding hydrogens is 354 g/mol. The molecule has 0 saturated heterocycles. The van der Waals surface area contributed by atoms with Crippen molar-refractivity contribution in [3.63, 3.8) is 0 Å². The summed E-state index contributed by atoms with van der Waals surface area (Å²) in [5, 5.41) is 8.32. The number of carbonyl (C=O) groups excluding carboxylic acids is 1. The minimum Gasteiger partial charge on any atom is -0.465 e. The average Bonchev–Trinajstić information content (AvgIpc) is 3.16.